The number of rotatable bonds is 5. The molecule has 144 valence electrons. The Kier molecular flexibility index (Phi) is 5.34. The lowest BCUT2D eigenvalue weighted by Gasteiger charge is -2.08. The minimum absolute atomic E-state index is 0.0633. The molecule has 2 aromatic carbocycles. The Morgan fingerprint density at radius 2 is 1.93 bits per heavy atom. The molecule has 4 rings (SSSR count). The van der Waals surface area contributed by atoms with E-state index in [1.165, 1.54) is 23.1 Å². The molecule has 0 saturated heterocycles. The minimum Gasteiger partial charge on any atom is -0.510 e. The number of thiazole rings is 1. The summed E-state index contributed by atoms with van der Waals surface area (Å²) in [6.45, 7) is 3.79. The maximum absolute atomic E-state index is 10.7. The molecule has 1 N–H and O–H groups in total. The number of nitrogens with zero attached hydrogens (tertiary/aromatic N) is 4. The van der Waals surface area contributed by atoms with Crippen molar-refractivity contribution in [1.82, 2.24) is 15.2 Å². The van der Waals surface area contributed by atoms with Crippen molar-refractivity contribution in [3.63, 3.8) is 0 Å². The molecule has 0 fully saturated rings. The Hall–Kier alpha value is -3.15. The fourth-order valence-electron chi connectivity index (χ4n) is 2.67. The van der Waals surface area contributed by atoms with Gasteiger partial charge in [-0.15, -0.1) is 21.5 Å². The van der Waals surface area contributed by atoms with Gasteiger partial charge in [-0.05, 0) is 38.1 Å². The standard InChI is InChI=1S/C21H16N4O2S2/c1-12-7-9-14(10-8-12)19-24-25-21(27-19)28-13(2)18(26)15(11-22)20-23-16-5-3-4-6-17(16)29-20/h3-10,13,26H,1-2H3/b18-15-. The summed E-state index contributed by atoms with van der Waals surface area (Å²) in [5.74, 6) is 0.349. The number of allylic oxidation sites excluding steroid dienone is 1. The minimum atomic E-state index is -0.456. The lowest BCUT2D eigenvalue weighted by Crippen LogP contribution is -2.04. The maximum atomic E-state index is 10.7. The van der Waals surface area contributed by atoms with Crippen LogP contribution in [0.4, 0.5) is 0 Å². The first-order valence-corrected chi connectivity index (χ1v) is 10.5. The van der Waals surface area contributed by atoms with Gasteiger partial charge in [0.15, 0.2) is 0 Å². The predicted octanol–water partition coefficient (Wildman–Crippen LogP) is 5.63. The molecule has 0 aliphatic rings. The number of aliphatic hydroxyl groups excluding tert-OH is 1. The Labute approximate surface area is 175 Å². The SMILES string of the molecule is Cc1ccc(-c2nnc(SC(C)/C(O)=C(\C#N)c3nc4ccccc4s3)o2)cc1. The summed E-state index contributed by atoms with van der Waals surface area (Å²) < 4.78 is 6.67. The third-order valence-corrected chi connectivity index (χ3v) is 6.24. The number of aliphatic hydroxyl groups is 1. The first kappa shape index (κ1) is 19.2. The van der Waals surface area contributed by atoms with E-state index >= 15 is 0 Å². The van der Waals surface area contributed by atoms with Gasteiger partial charge in [0.2, 0.25) is 5.89 Å². The molecule has 0 aliphatic heterocycles. The number of hydrogen-bond acceptors (Lipinski definition) is 8. The Morgan fingerprint density at radius 3 is 2.66 bits per heavy atom. The van der Waals surface area contributed by atoms with Crippen LogP contribution >= 0.6 is 23.1 Å². The third-order valence-electron chi connectivity index (χ3n) is 4.24. The third kappa shape index (κ3) is 4.01. The lowest BCUT2D eigenvalue weighted by molar-refractivity contribution is 0.400. The Balaban J connectivity index is 1.57. The molecule has 0 radical (unpaired) electrons. The largest absolute Gasteiger partial charge is 0.510 e. The average Bonchev–Trinajstić information content (AvgIpc) is 3.36. The first-order valence-electron chi connectivity index (χ1n) is 8.81. The topological polar surface area (TPSA) is 95.8 Å². The van der Waals surface area contributed by atoms with Crippen molar-refractivity contribution in [3.8, 4) is 17.5 Å². The van der Waals surface area contributed by atoms with E-state index in [1.54, 1.807) is 6.92 Å². The summed E-state index contributed by atoms with van der Waals surface area (Å²) in [5.41, 5.74) is 2.93. The molecule has 0 spiro atoms. The van der Waals surface area contributed by atoms with Crippen molar-refractivity contribution < 1.29 is 9.52 Å². The van der Waals surface area contributed by atoms with Crippen molar-refractivity contribution in [1.29, 1.82) is 5.26 Å². The van der Waals surface area contributed by atoms with Gasteiger partial charge in [0.25, 0.3) is 5.22 Å². The second-order valence-electron chi connectivity index (χ2n) is 6.36. The van der Waals surface area contributed by atoms with Crippen LogP contribution in [0, 0.1) is 18.3 Å². The van der Waals surface area contributed by atoms with Crippen LogP contribution in [0.2, 0.25) is 0 Å². The highest BCUT2D eigenvalue weighted by Gasteiger charge is 2.21. The van der Waals surface area contributed by atoms with Crippen LogP contribution in [-0.2, 0) is 0 Å². The van der Waals surface area contributed by atoms with Gasteiger partial charge < -0.3 is 9.52 Å². The van der Waals surface area contributed by atoms with Crippen LogP contribution in [0.5, 0.6) is 0 Å². The number of benzene rings is 2. The van der Waals surface area contributed by atoms with E-state index in [1.807, 2.05) is 55.5 Å². The summed E-state index contributed by atoms with van der Waals surface area (Å²) in [7, 11) is 0. The van der Waals surface area contributed by atoms with E-state index in [0.717, 1.165) is 21.3 Å². The number of aryl methyl sites for hydroxylation is 1. The van der Waals surface area contributed by atoms with Gasteiger partial charge >= 0.3 is 0 Å². The van der Waals surface area contributed by atoms with Gasteiger partial charge in [0, 0.05) is 5.56 Å². The van der Waals surface area contributed by atoms with Crippen LogP contribution in [0.3, 0.4) is 0 Å². The zero-order chi connectivity index (χ0) is 20.4. The number of hydrogen-bond donors (Lipinski definition) is 1. The van der Waals surface area contributed by atoms with E-state index < -0.39 is 5.25 Å². The molecule has 8 heteroatoms. The smallest absolute Gasteiger partial charge is 0.277 e. The van der Waals surface area contributed by atoms with Crippen molar-refractivity contribution in [3.05, 3.63) is 64.9 Å². The van der Waals surface area contributed by atoms with Crippen molar-refractivity contribution in [2.75, 3.05) is 0 Å². The summed E-state index contributed by atoms with van der Waals surface area (Å²) in [6.07, 6.45) is 0. The molecule has 29 heavy (non-hydrogen) atoms. The van der Waals surface area contributed by atoms with Gasteiger partial charge in [0.05, 0.1) is 15.5 Å². The molecule has 1 unspecified atom stereocenters. The van der Waals surface area contributed by atoms with E-state index in [0.29, 0.717) is 16.1 Å². The highest BCUT2D eigenvalue weighted by Crippen LogP contribution is 2.34. The van der Waals surface area contributed by atoms with E-state index in [-0.39, 0.29) is 11.3 Å². The van der Waals surface area contributed by atoms with Crippen molar-refractivity contribution >= 4 is 38.9 Å². The van der Waals surface area contributed by atoms with Gasteiger partial charge in [-0.2, -0.15) is 5.26 Å². The highest BCUT2D eigenvalue weighted by atomic mass is 32.2. The zero-order valence-corrected chi connectivity index (χ0v) is 17.3. The van der Waals surface area contributed by atoms with Gasteiger partial charge in [-0.3, -0.25) is 0 Å². The van der Waals surface area contributed by atoms with Crippen LogP contribution in [0.1, 0.15) is 17.5 Å². The molecule has 0 amide bonds. The number of aromatic nitrogens is 3. The molecule has 0 saturated carbocycles. The second-order valence-corrected chi connectivity index (χ2v) is 8.68. The lowest BCUT2D eigenvalue weighted by atomic mass is 10.1. The van der Waals surface area contributed by atoms with E-state index in [9.17, 15) is 10.4 Å². The molecular formula is C21H16N4O2S2. The fraction of sp³-hybridized carbons (Fsp3) is 0.143. The van der Waals surface area contributed by atoms with Gasteiger partial charge in [0.1, 0.15) is 22.4 Å². The molecule has 0 aliphatic carbocycles. The number of nitriles is 1. The quantitative estimate of drug-likeness (QED) is 0.254. The van der Waals surface area contributed by atoms with Crippen molar-refractivity contribution in [2.24, 2.45) is 0 Å². The summed E-state index contributed by atoms with van der Waals surface area (Å²) in [4.78, 5) is 4.46. The number of fused-ring (bicyclic) bond motifs is 1. The highest BCUT2D eigenvalue weighted by molar-refractivity contribution is 7.99. The average molecular weight is 421 g/mol. The maximum Gasteiger partial charge on any atom is 0.277 e. The molecular weight excluding hydrogens is 404 g/mol. The molecule has 6 nitrogen and oxygen atoms in total. The second kappa shape index (κ2) is 8.07. The van der Waals surface area contributed by atoms with E-state index in [4.69, 9.17) is 4.42 Å². The predicted molar refractivity (Wildman–Crippen MR) is 115 cm³/mol. The zero-order valence-electron chi connectivity index (χ0n) is 15.7. The van der Waals surface area contributed by atoms with Gasteiger partial charge in [-0.25, -0.2) is 4.98 Å². The number of thioether (sulfide) groups is 1. The molecule has 2 aromatic heterocycles. The molecule has 0 bridgehead atoms. The van der Waals surface area contributed by atoms with E-state index in [2.05, 4.69) is 21.3 Å². The normalized spacial score (nSPS) is 13.1. The summed E-state index contributed by atoms with van der Waals surface area (Å²) in [5, 5.41) is 28.8. The number of para-hydroxylation sites is 1. The fourth-order valence-corrected chi connectivity index (χ4v) is 4.39. The van der Waals surface area contributed by atoms with Gasteiger partial charge in [-0.1, -0.05) is 41.6 Å². The van der Waals surface area contributed by atoms with Crippen LogP contribution in [-0.4, -0.2) is 25.5 Å². The van der Waals surface area contributed by atoms with Crippen LogP contribution in [0.25, 0.3) is 27.2 Å². The van der Waals surface area contributed by atoms with Crippen molar-refractivity contribution in [2.45, 2.75) is 24.3 Å². The van der Waals surface area contributed by atoms with Crippen LogP contribution < -0.4 is 0 Å². The Bertz CT molecular complexity index is 1200. The summed E-state index contributed by atoms with van der Waals surface area (Å²) in [6, 6.07) is 17.5. The first-order chi connectivity index (χ1) is 14.0. The summed E-state index contributed by atoms with van der Waals surface area (Å²) >= 11 is 2.57. The molecule has 4 aromatic rings. The monoisotopic (exact) mass is 420 g/mol. The molecule has 1 atom stereocenters. The Morgan fingerprint density at radius 1 is 1.17 bits per heavy atom. The molecule has 2 heterocycles. The van der Waals surface area contributed by atoms with Crippen LogP contribution in [0.15, 0.2) is 63.9 Å².